The lowest BCUT2D eigenvalue weighted by Gasteiger charge is -2.36. The number of benzene rings is 1. The van der Waals surface area contributed by atoms with Crippen LogP contribution in [-0.4, -0.2) is 90.3 Å². The Balaban J connectivity index is 1.35. The number of piperazine rings is 1. The maximum atomic E-state index is 6.41. The van der Waals surface area contributed by atoms with Crippen LogP contribution in [0.15, 0.2) is 70.7 Å². The molecule has 3 aliphatic rings. The van der Waals surface area contributed by atoms with E-state index in [1.807, 2.05) is 25.3 Å². The second-order valence-electron chi connectivity index (χ2n) is 10.1. The van der Waals surface area contributed by atoms with Gasteiger partial charge in [0.1, 0.15) is 17.3 Å². The van der Waals surface area contributed by atoms with Gasteiger partial charge in [-0.25, -0.2) is 4.99 Å². The van der Waals surface area contributed by atoms with Gasteiger partial charge < -0.3 is 20.3 Å². The van der Waals surface area contributed by atoms with E-state index < -0.39 is 0 Å². The molecule has 200 valence electrons. The van der Waals surface area contributed by atoms with Gasteiger partial charge in [-0.1, -0.05) is 38.6 Å². The number of aliphatic imine (C=N–C) groups is 1. The normalized spacial score (nSPS) is 20.7. The fraction of sp³-hybridized carbons (Fsp3) is 0.517. The van der Waals surface area contributed by atoms with E-state index >= 15 is 0 Å². The summed E-state index contributed by atoms with van der Waals surface area (Å²) in [6, 6.07) is 8.16. The number of nitrogens with two attached hydrogens (primary N) is 1. The smallest absolute Gasteiger partial charge is 0.150 e. The van der Waals surface area contributed by atoms with Gasteiger partial charge >= 0.3 is 0 Å². The molecule has 37 heavy (non-hydrogen) atoms. The lowest BCUT2D eigenvalue weighted by molar-refractivity contribution is 0.148. The zero-order chi connectivity index (χ0) is 26.4. The fourth-order valence-electron chi connectivity index (χ4n) is 5.05. The third-order valence-electron chi connectivity index (χ3n) is 7.46. The summed E-state index contributed by atoms with van der Waals surface area (Å²) < 4.78 is 6.07. The van der Waals surface area contributed by atoms with Crippen molar-refractivity contribution in [2.24, 2.45) is 15.8 Å². The summed E-state index contributed by atoms with van der Waals surface area (Å²) in [5, 5.41) is 7.24. The van der Waals surface area contributed by atoms with Crippen LogP contribution >= 0.6 is 0 Å². The molecule has 2 N–H and O–H groups in total. The molecule has 8 heteroatoms. The van der Waals surface area contributed by atoms with E-state index in [-0.39, 0.29) is 12.3 Å². The van der Waals surface area contributed by atoms with Gasteiger partial charge in [0, 0.05) is 51.0 Å². The molecule has 4 rings (SSSR count). The van der Waals surface area contributed by atoms with E-state index in [0.717, 1.165) is 86.8 Å². The van der Waals surface area contributed by atoms with Crippen molar-refractivity contribution in [2.75, 3.05) is 46.3 Å². The average Bonchev–Trinajstić information content (AvgIpc) is 3.31. The third kappa shape index (κ3) is 6.36. The van der Waals surface area contributed by atoms with Crippen molar-refractivity contribution in [1.82, 2.24) is 19.7 Å². The Morgan fingerprint density at radius 2 is 1.95 bits per heavy atom. The van der Waals surface area contributed by atoms with E-state index in [1.165, 1.54) is 6.42 Å². The molecule has 3 heterocycles. The van der Waals surface area contributed by atoms with Gasteiger partial charge in [-0.2, -0.15) is 5.10 Å². The summed E-state index contributed by atoms with van der Waals surface area (Å²) in [7, 11) is 2.04. The molecule has 3 aliphatic heterocycles. The number of ether oxygens (including phenoxy) is 1. The van der Waals surface area contributed by atoms with E-state index in [2.05, 4.69) is 63.8 Å². The van der Waals surface area contributed by atoms with Gasteiger partial charge in [0.15, 0.2) is 6.17 Å². The topological polar surface area (TPSA) is 72.9 Å². The first-order chi connectivity index (χ1) is 17.9. The summed E-state index contributed by atoms with van der Waals surface area (Å²) in [5.74, 6) is 1.39. The Morgan fingerprint density at radius 3 is 2.68 bits per heavy atom. The van der Waals surface area contributed by atoms with Crippen molar-refractivity contribution in [2.45, 2.75) is 51.8 Å². The molecule has 1 fully saturated rings. The Kier molecular flexibility index (Phi) is 8.92. The molecule has 0 amide bonds. The summed E-state index contributed by atoms with van der Waals surface area (Å²) in [4.78, 5) is 11.4. The van der Waals surface area contributed by atoms with Gasteiger partial charge in [-0.3, -0.25) is 9.91 Å². The monoisotopic (exact) mass is 505 g/mol. The molecule has 0 aliphatic carbocycles. The number of allylic oxidation sites excluding steroid dienone is 1. The van der Waals surface area contributed by atoms with Crippen LogP contribution in [0.25, 0.3) is 0 Å². The number of hydrazone groups is 1. The van der Waals surface area contributed by atoms with Crippen molar-refractivity contribution in [3.8, 4) is 5.75 Å². The van der Waals surface area contributed by atoms with Crippen LogP contribution in [0.2, 0.25) is 0 Å². The van der Waals surface area contributed by atoms with Crippen LogP contribution in [0.5, 0.6) is 5.75 Å². The van der Waals surface area contributed by atoms with Gasteiger partial charge in [0.2, 0.25) is 0 Å². The molecule has 8 nitrogen and oxygen atoms in total. The quantitative estimate of drug-likeness (QED) is 0.344. The second kappa shape index (κ2) is 12.3. The van der Waals surface area contributed by atoms with Crippen molar-refractivity contribution in [3.63, 3.8) is 0 Å². The predicted molar refractivity (Wildman–Crippen MR) is 153 cm³/mol. The molecule has 1 aromatic rings. The van der Waals surface area contributed by atoms with E-state index in [4.69, 9.17) is 15.6 Å². The van der Waals surface area contributed by atoms with Gasteiger partial charge in [0.05, 0.1) is 18.0 Å². The van der Waals surface area contributed by atoms with Crippen LogP contribution in [0, 0.1) is 0 Å². The molecule has 1 aromatic carbocycles. The number of hydrogen-bond donors (Lipinski definition) is 1. The number of rotatable bonds is 12. The maximum Gasteiger partial charge on any atom is 0.150 e. The largest absolute Gasteiger partial charge is 0.491 e. The Hall–Kier alpha value is -3.26. The SMILES string of the molecule is C=CC(=C)N1CCN(CCCCCN2N=C(c3cccc(OC(C)CC)c3)C3=C(N)N=CN(C)C32)CC1. The zero-order valence-corrected chi connectivity index (χ0v) is 22.8. The van der Waals surface area contributed by atoms with E-state index in [0.29, 0.717) is 5.82 Å². The summed E-state index contributed by atoms with van der Waals surface area (Å²) >= 11 is 0. The second-order valence-corrected chi connectivity index (χ2v) is 10.1. The summed E-state index contributed by atoms with van der Waals surface area (Å²) in [6.45, 7) is 18.4. The number of unbranched alkanes of at least 4 members (excludes halogenated alkanes) is 2. The molecule has 0 saturated carbocycles. The van der Waals surface area contributed by atoms with Crippen LogP contribution < -0.4 is 10.5 Å². The van der Waals surface area contributed by atoms with Crippen LogP contribution in [-0.2, 0) is 0 Å². The highest BCUT2D eigenvalue weighted by molar-refractivity contribution is 6.15. The first-order valence-electron chi connectivity index (χ1n) is 13.6. The summed E-state index contributed by atoms with van der Waals surface area (Å²) in [5.41, 5.74) is 10.3. The molecule has 0 bridgehead atoms. The highest BCUT2D eigenvalue weighted by atomic mass is 16.5. The Morgan fingerprint density at radius 1 is 1.19 bits per heavy atom. The minimum Gasteiger partial charge on any atom is -0.491 e. The predicted octanol–water partition coefficient (Wildman–Crippen LogP) is 3.84. The lowest BCUT2D eigenvalue weighted by atomic mass is 9.99. The highest BCUT2D eigenvalue weighted by Crippen LogP contribution is 2.32. The molecule has 2 atom stereocenters. The first kappa shape index (κ1) is 26.8. The van der Waals surface area contributed by atoms with Gasteiger partial charge in [-0.05, 0) is 50.9 Å². The van der Waals surface area contributed by atoms with Gasteiger partial charge in [-0.15, -0.1) is 0 Å². The van der Waals surface area contributed by atoms with Crippen LogP contribution in [0.1, 0.15) is 45.1 Å². The van der Waals surface area contributed by atoms with Crippen molar-refractivity contribution in [3.05, 3.63) is 66.2 Å². The third-order valence-corrected chi connectivity index (χ3v) is 7.46. The molecular formula is C29H43N7O. The average molecular weight is 506 g/mol. The Bertz CT molecular complexity index is 1050. The first-order valence-corrected chi connectivity index (χ1v) is 13.6. The number of nitrogens with zero attached hydrogens (tertiary/aromatic N) is 6. The number of likely N-dealkylation sites (N-methyl/N-ethyl adjacent to an activating group) is 1. The van der Waals surface area contributed by atoms with Crippen LogP contribution in [0.3, 0.4) is 0 Å². The van der Waals surface area contributed by atoms with Crippen molar-refractivity contribution >= 4 is 12.1 Å². The minimum absolute atomic E-state index is 0.0299. The molecule has 0 radical (unpaired) electrons. The lowest BCUT2D eigenvalue weighted by Crippen LogP contribution is -2.45. The standard InChI is InChI=1S/C29H43N7O/c1-6-22(3)35-18-16-34(17-19-35)14-9-8-10-15-36-29-26(28(30)31-21-33(29)5)27(32-36)24-12-11-13-25(20-24)37-23(4)7-2/h6,11-13,20-21,23,29H,1,3,7-10,14-19,30H2,2,4-5H3. The molecule has 0 aromatic heterocycles. The van der Waals surface area contributed by atoms with Crippen molar-refractivity contribution in [1.29, 1.82) is 0 Å². The van der Waals surface area contributed by atoms with E-state index in [1.54, 1.807) is 6.34 Å². The maximum absolute atomic E-state index is 6.41. The highest BCUT2D eigenvalue weighted by Gasteiger charge is 2.38. The number of fused-ring (bicyclic) bond motifs is 1. The number of hydrogen-bond acceptors (Lipinski definition) is 8. The van der Waals surface area contributed by atoms with Crippen LogP contribution in [0.4, 0.5) is 0 Å². The fourth-order valence-corrected chi connectivity index (χ4v) is 5.05. The van der Waals surface area contributed by atoms with Crippen molar-refractivity contribution < 1.29 is 4.74 Å². The molecular weight excluding hydrogens is 462 g/mol. The molecule has 2 unspecified atom stereocenters. The van der Waals surface area contributed by atoms with E-state index in [9.17, 15) is 0 Å². The Labute approximate surface area is 222 Å². The zero-order valence-electron chi connectivity index (χ0n) is 22.8. The minimum atomic E-state index is -0.0299. The summed E-state index contributed by atoms with van der Waals surface area (Å²) in [6.07, 6.45) is 8.18. The van der Waals surface area contributed by atoms with Gasteiger partial charge in [0.25, 0.3) is 0 Å². The molecule has 1 saturated heterocycles. The molecule has 0 spiro atoms.